The number of benzene rings is 1. The lowest BCUT2D eigenvalue weighted by Crippen LogP contribution is -2.42. The highest BCUT2D eigenvalue weighted by molar-refractivity contribution is 7.91. The molecule has 0 radical (unpaired) electrons. The van der Waals surface area contributed by atoms with Gasteiger partial charge in [0.05, 0.1) is 23.1 Å². The molecule has 0 saturated carbocycles. The number of aryl methyl sites for hydroxylation is 1. The quantitative estimate of drug-likeness (QED) is 0.747. The predicted molar refractivity (Wildman–Crippen MR) is 125 cm³/mol. The van der Waals surface area contributed by atoms with Gasteiger partial charge in [-0.1, -0.05) is 18.2 Å². The number of pyridine rings is 1. The minimum Gasteiger partial charge on any atom is -0.410 e. The molecule has 3 heterocycles. The molecule has 1 amide bonds. The van der Waals surface area contributed by atoms with Crippen LogP contribution in [0.15, 0.2) is 70.8 Å². The van der Waals surface area contributed by atoms with Gasteiger partial charge < -0.3 is 14.6 Å². The van der Waals surface area contributed by atoms with Gasteiger partial charge in [-0.25, -0.2) is 13.2 Å². The smallest absolute Gasteiger partial charge is 0.410 e. The van der Waals surface area contributed by atoms with Crippen LogP contribution in [0.5, 0.6) is 5.75 Å². The summed E-state index contributed by atoms with van der Waals surface area (Å²) >= 11 is 0. The van der Waals surface area contributed by atoms with Gasteiger partial charge in [0.1, 0.15) is 5.75 Å². The first kappa shape index (κ1) is 21.3. The number of hydrogen-bond donors (Lipinski definition) is 1. The fraction of sp³-hybridized carbons (Fsp3) is 0.250. The number of carbonyl (C=O) groups excluding carboxylic acids is 1. The number of allylic oxidation sites excluding steroid dienone is 1. The molecule has 1 atom stereocenters. The molecule has 2 aliphatic heterocycles. The van der Waals surface area contributed by atoms with Crippen molar-refractivity contribution in [2.45, 2.75) is 12.5 Å². The van der Waals surface area contributed by atoms with Crippen LogP contribution < -0.4 is 15.6 Å². The molecule has 33 heavy (non-hydrogen) atoms. The third kappa shape index (κ3) is 3.78. The van der Waals surface area contributed by atoms with E-state index in [2.05, 4.69) is 5.32 Å². The Hall–Kier alpha value is -3.59. The summed E-state index contributed by atoms with van der Waals surface area (Å²) in [6.45, 7) is 0.554. The Labute approximate surface area is 191 Å². The van der Waals surface area contributed by atoms with Crippen LogP contribution >= 0.6 is 0 Å². The summed E-state index contributed by atoms with van der Waals surface area (Å²) in [6, 6.07) is 10.3. The van der Waals surface area contributed by atoms with Crippen molar-refractivity contribution in [2.75, 3.05) is 18.6 Å². The number of nitrogens with one attached hydrogen (secondary N) is 1. The van der Waals surface area contributed by atoms with Crippen molar-refractivity contribution in [1.82, 2.24) is 14.8 Å². The molecular formula is C24H23N3O5S. The minimum absolute atomic E-state index is 0.218. The summed E-state index contributed by atoms with van der Waals surface area (Å²) in [5.74, 6) is 0.216. The molecular weight excluding hydrogens is 442 g/mol. The number of amides is 1. The maximum Gasteiger partial charge on any atom is 0.419 e. The molecule has 1 unspecified atom stereocenters. The maximum atomic E-state index is 13.2. The molecule has 2 aromatic rings. The van der Waals surface area contributed by atoms with E-state index in [4.69, 9.17) is 4.74 Å². The van der Waals surface area contributed by atoms with Crippen LogP contribution in [-0.2, 0) is 16.9 Å². The van der Waals surface area contributed by atoms with Gasteiger partial charge in [-0.3, -0.25) is 9.69 Å². The number of ether oxygens (including phenoxy) is 1. The zero-order valence-electron chi connectivity index (χ0n) is 18.2. The SMILES string of the molecule is Cn1ccc2c(c1=O)C1=C3C(=CN(C(=O)Oc4ccccc4)C3CCN1)C=C2CS(C)(=O)=O. The lowest BCUT2D eigenvalue weighted by atomic mass is 9.92. The Balaban J connectivity index is 1.67. The molecule has 1 aromatic carbocycles. The van der Waals surface area contributed by atoms with Crippen molar-refractivity contribution >= 4 is 27.2 Å². The molecule has 8 nitrogen and oxygen atoms in total. The number of fused-ring (bicyclic) bond motifs is 2. The van der Waals surface area contributed by atoms with E-state index in [-0.39, 0.29) is 17.4 Å². The Morgan fingerprint density at radius 2 is 1.97 bits per heavy atom. The van der Waals surface area contributed by atoms with Gasteiger partial charge in [0.15, 0.2) is 9.84 Å². The lowest BCUT2D eigenvalue weighted by Gasteiger charge is -2.30. The third-order valence-electron chi connectivity index (χ3n) is 6.02. The second kappa shape index (κ2) is 7.77. The number of nitrogens with zero attached hydrogens (tertiary/aromatic N) is 2. The fourth-order valence-corrected chi connectivity index (χ4v) is 5.43. The number of carbonyl (C=O) groups is 1. The first-order valence-electron chi connectivity index (χ1n) is 10.6. The monoisotopic (exact) mass is 465 g/mol. The number of hydrogen-bond acceptors (Lipinski definition) is 6. The second-order valence-electron chi connectivity index (χ2n) is 8.45. The number of aromatic nitrogens is 1. The largest absolute Gasteiger partial charge is 0.419 e. The molecule has 5 rings (SSSR count). The summed E-state index contributed by atoms with van der Waals surface area (Å²) in [6.07, 6.45) is 6.37. The molecule has 1 N–H and O–H groups in total. The van der Waals surface area contributed by atoms with E-state index >= 15 is 0 Å². The molecule has 0 saturated heterocycles. The molecule has 0 fully saturated rings. The van der Waals surface area contributed by atoms with Gasteiger partial charge in [-0.2, -0.15) is 0 Å². The van der Waals surface area contributed by atoms with Gasteiger partial charge in [0.25, 0.3) is 5.56 Å². The Kier molecular flexibility index (Phi) is 5.01. The maximum absolute atomic E-state index is 13.2. The van der Waals surface area contributed by atoms with Crippen LogP contribution in [0.3, 0.4) is 0 Å². The van der Waals surface area contributed by atoms with Gasteiger partial charge in [-0.05, 0) is 47.4 Å². The van der Waals surface area contributed by atoms with Crippen LogP contribution in [0.4, 0.5) is 4.79 Å². The highest BCUT2D eigenvalue weighted by Crippen LogP contribution is 2.42. The summed E-state index contributed by atoms with van der Waals surface area (Å²) in [4.78, 5) is 27.8. The van der Waals surface area contributed by atoms with Crippen molar-refractivity contribution in [3.05, 3.63) is 87.5 Å². The average Bonchev–Trinajstić information content (AvgIpc) is 3.07. The van der Waals surface area contributed by atoms with Crippen LogP contribution in [-0.4, -0.2) is 48.6 Å². The second-order valence-corrected chi connectivity index (χ2v) is 10.6. The fourth-order valence-electron chi connectivity index (χ4n) is 4.63. The minimum atomic E-state index is -3.38. The van der Waals surface area contributed by atoms with Gasteiger partial charge in [0, 0.05) is 37.8 Å². The molecule has 9 heteroatoms. The topological polar surface area (TPSA) is 97.7 Å². The number of sulfone groups is 1. The van der Waals surface area contributed by atoms with Gasteiger partial charge in [0.2, 0.25) is 0 Å². The van der Waals surface area contributed by atoms with Crippen LogP contribution in [0.25, 0.3) is 11.3 Å². The van der Waals surface area contributed by atoms with E-state index in [1.165, 1.54) is 15.7 Å². The van der Waals surface area contributed by atoms with E-state index in [9.17, 15) is 18.0 Å². The summed E-state index contributed by atoms with van der Waals surface area (Å²) in [5, 5.41) is 3.34. The van der Waals surface area contributed by atoms with Crippen molar-refractivity contribution in [1.29, 1.82) is 0 Å². The zero-order valence-corrected chi connectivity index (χ0v) is 19.1. The highest BCUT2D eigenvalue weighted by atomic mass is 32.2. The average molecular weight is 466 g/mol. The highest BCUT2D eigenvalue weighted by Gasteiger charge is 2.41. The van der Waals surface area contributed by atoms with Crippen molar-refractivity contribution in [3.63, 3.8) is 0 Å². The molecule has 3 aliphatic rings. The zero-order chi connectivity index (χ0) is 23.3. The van der Waals surface area contributed by atoms with E-state index in [0.717, 1.165) is 5.57 Å². The van der Waals surface area contributed by atoms with Crippen molar-refractivity contribution < 1.29 is 17.9 Å². The molecule has 0 bridgehead atoms. The predicted octanol–water partition coefficient (Wildman–Crippen LogP) is 2.30. The summed E-state index contributed by atoms with van der Waals surface area (Å²) in [5.41, 5.74) is 3.45. The number of rotatable bonds is 3. The van der Waals surface area contributed by atoms with Crippen molar-refractivity contribution in [3.8, 4) is 5.75 Å². The molecule has 1 aliphatic carbocycles. The Morgan fingerprint density at radius 3 is 2.70 bits per heavy atom. The molecule has 1 aromatic heterocycles. The molecule has 0 spiro atoms. The van der Waals surface area contributed by atoms with E-state index in [1.54, 1.807) is 55.9 Å². The van der Waals surface area contributed by atoms with Gasteiger partial charge >= 0.3 is 6.09 Å². The third-order valence-corrected chi connectivity index (χ3v) is 6.85. The Bertz CT molecular complexity index is 1420. The summed E-state index contributed by atoms with van der Waals surface area (Å²) < 4.78 is 31.5. The van der Waals surface area contributed by atoms with E-state index in [1.807, 2.05) is 6.07 Å². The first-order valence-corrected chi connectivity index (χ1v) is 12.6. The normalized spacial score (nSPS) is 19.1. The van der Waals surface area contributed by atoms with Crippen LogP contribution in [0.2, 0.25) is 0 Å². The van der Waals surface area contributed by atoms with Crippen molar-refractivity contribution in [2.24, 2.45) is 7.05 Å². The lowest BCUT2D eigenvalue weighted by molar-refractivity contribution is 0.161. The van der Waals surface area contributed by atoms with E-state index < -0.39 is 15.9 Å². The van der Waals surface area contributed by atoms with Crippen LogP contribution in [0, 0.1) is 0 Å². The number of para-hydroxylation sites is 1. The summed E-state index contributed by atoms with van der Waals surface area (Å²) in [7, 11) is -1.71. The molecule has 170 valence electrons. The standard InChI is InChI=1S/C24H23N3O5S/c1-26-11-9-18-16(14-33(2,30)31)12-15-13-27(24(29)32-17-6-4-3-5-7-17)19-8-10-25-22(20(15)19)21(18)23(26)28/h3-7,9,11-13,19,25H,8,10,14H2,1-2H3. The first-order chi connectivity index (χ1) is 15.7. The van der Waals surface area contributed by atoms with Crippen LogP contribution in [0.1, 0.15) is 17.5 Å². The Morgan fingerprint density at radius 1 is 1.21 bits per heavy atom. The van der Waals surface area contributed by atoms with E-state index in [0.29, 0.717) is 46.7 Å². The van der Waals surface area contributed by atoms with Gasteiger partial charge in [-0.15, -0.1) is 0 Å².